The molecule has 2 aromatic rings. The number of thiazole rings is 1. The second-order valence-corrected chi connectivity index (χ2v) is 5.53. The number of benzene rings is 1. The highest BCUT2D eigenvalue weighted by atomic mass is 32.1. The molecule has 0 fully saturated rings. The quantitative estimate of drug-likeness (QED) is 0.850. The molecular weight excluding hydrogens is 288 g/mol. The molecule has 0 aliphatic carbocycles. The summed E-state index contributed by atoms with van der Waals surface area (Å²) in [6.07, 6.45) is 2.92. The van der Waals surface area contributed by atoms with E-state index in [9.17, 15) is 9.59 Å². The lowest BCUT2D eigenvalue weighted by Gasteiger charge is -2.07. The number of anilines is 1. The summed E-state index contributed by atoms with van der Waals surface area (Å²) in [5.74, 6) is -1.47. The number of aromatic nitrogens is 1. The first-order valence-corrected chi connectivity index (χ1v) is 7.09. The van der Waals surface area contributed by atoms with Gasteiger partial charge in [-0.05, 0) is 32.1 Å². The van der Waals surface area contributed by atoms with E-state index in [1.54, 1.807) is 25.1 Å². The van der Waals surface area contributed by atoms with Crippen LogP contribution in [-0.2, 0) is 4.79 Å². The van der Waals surface area contributed by atoms with E-state index in [1.807, 2.05) is 12.3 Å². The maximum absolute atomic E-state index is 11.8. The topological polar surface area (TPSA) is 79.3 Å². The van der Waals surface area contributed by atoms with Crippen LogP contribution >= 0.6 is 11.3 Å². The van der Waals surface area contributed by atoms with Gasteiger partial charge in [0.15, 0.2) is 0 Å². The number of rotatable bonds is 4. The molecule has 2 rings (SSSR count). The van der Waals surface area contributed by atoms with Crippen LogP contribution in [0.3, 0.4) is 0 Å². The minimum atomic E-state index is -1.08. The molecule has 5 nitrogen and oxygen atoms in total. The Morgan fingerprint density at radius 3 is 2.71 bits per heavy atom. The number of amides is 1. The van der Waals surface area contributed by atoms with Gasteiger partial charge in [-0.3, -0.25) is 4.79 Å². The first kappa shape index (κ1) is 14.9. The molecule has 0 spiro atoms. The van der Waals surface area contributed by atoms with Gasteiger partial charge in [-0.1, -0.05) is 11.6 Å². The fraction of sp³-hybridized carbons (Fsp3) is 0.133. The van der Waals surface area contributed by atoms with Crippen LogP contribution < -0.4 is 5.32 Å². The zero-order chi connectivity index (χ0) is 15.4. The molecule has 1 aromatic heterocycles. The smallest absolute Gasteiger partial charge is 0.337 e. The van der Waals surface area contributed by atoms with Crippen LogP contribution in [0.4, 0.5) is 5.69 Å². The van der Waals surface area contributed by atoms with Crippen LogP contribution in [0.1, 0.15) is 26.6 Å². The summed E-state index contributed by atoms with van der Waals surface area (Å²) >= 11 is 1.50. The van der Waals surface area contributed by atoms with Gasteiger partial charge in [0.1, 0.15) is 0 Å². The molecule has 0 saturated heterocycles. The second-order valence-electron chi connectivity index (χ2n) is 4.47. The molecule has 21 heavy (non-hydrogen) atoms. The Kier molecular flexibility index (Phi) is 4.49. The Morgan fingerprint density at radius 2 is 2.10 bits per heavy atom. The first-order valence-electron chi connectivity index (χ1n) is 6.21. The Labute approximate surface area is 126 Å². The van der Waals surface area contributed by atoms with E-state index >= 15 is 0 Å². The number of aromatic carboxylic acids is 1. The van der Waals surface area contributed by atoms with Crippen molar-refractivity contribution in [2.75, 3.05) is 5.32 Å². The molecule has 0 atom stereocenters. The van der Waals surface area contributed by atoms with Gasteiger partial charge in [-0.15, -0.1) is 11.3 Å². The molecule has 1 aromatic carbocycles. The number of nitrogens with zero attached hydrogens (tertiary/aromatic N) is 1. The van der Waals surface area contributed by atoms with E-state index in [0.29, 0.717) is 5.69 Å². The van der Waals surface area contributed by atoms with Crippen molar-refractivity contribution in [3.05, 3.63) is 51.5 Å². The first-order chi connectivity index (χ1) is 9.95. The second kappa shape index (κ2) is 6.32. The molecule has 1 heterocycles. The van der Waals surface area contributed by atoms with Crippen molar-refractivity contribution >= 4 is 35.0 Å². The SMILES string of the molecule is Cc1ccc(NC(=O)/C=C/c2csc(C)n2)c(C(=O)O)c1. The summed E-state index contributed by atoms with van der Waals surface area (Å²) < 4.78 is 0. The van der Waals surface area contributed by atoms with Crippen molar-refractivity contribution in [1.82, 2.24) is 4.98 Å². The summed E-state index contributed by atoms with van der Waals surface area (Å²) in [6, 6.07) is 4.85. The van der Waals surface area contributed by atoms with Gasteiger partial charge in [-0.2, -0.15) is 0 Å². The minimum absolute atomic E-state index is 0.0706. The molecule has 1 amide bonds. The van der Waals surface area contributed by atoms with E-state index in [2.05, 4.69) is 10.3 Å². The van der Waals surface area contributed by atoms with Gasteiger partial charge in [0.2, 0.25) is 5.91 Å². The summed E-state index contributed by atoms with van der Waals surface area (Å²) in [5, 5.41) is 14.5. The van der Waals surface area contributed by atoms with Crippen LogP contribution in [0.15, 0.2) is 29.7 Å². The van der Waals surface area contributed by atoms with Crippen molar-refractivity contribution in [3.63, 3.8) is 0 Å². The van der Waals surface area contributed by atoms with Crippen LogP contribution in [0, 0.1) is 13.8 Å². The standard InChI is InChI=1S/C15H14N2O3S/c1-9-3-5-13(12(7-9)15(19)20)17-14(18)6-4-11-8-21-10(2)16-11/h3-8H,1-2H3,(H,17,18)(H,19,20)/b6-4+. The highest BCUT2D eigenvalue weighted by Gasteiger charge is 2.11. The summed E-state index contributed by atoms with van der Waals surface area (Å²) in [4.78, 5) is 27.2. The fourth-order valence-corrected chi connectivity index (χ4v) is 2.32. The highest BCUT2D eigenvalue weighted by molar-refractivity contribution is 7.09. The number of carboxylic acids is 1. The van der Waals surface area contributed by atoms with Crippen molar-refractivity contribution in [2.24, 2.45) is 0 Å². The van der Waals surface area contributed by atoms with Crippen LogP contribution in [-0.4, -0.2) is 22.0 Å². The predicted octanol–water partition coefficient (Wildman–Crippen LogP) is 3.11. The molecule has 0 saturated carbocycles. The van der Waals surface area contributed by atoms with Crippen molar-refractivity contribution in [2.45, 2.75) is 13.8 Å². The molecular formula is C15H14N2O3S. The van der Waals surface area contributed by atoms with E-state index in [4.69, 9.17) is 5.11 Å². The van der Waals surface area contributed by atoms with E-state index in [-0.39, 0.29) is 11.3 Å². The average Bonchev–Trinajstić information content (AvgIpc) is 2.84. The summed E-state index contributed by atoms with van der Waals surface area (Å²) in [7, 11) is 0. The normalized spacial score (nSPS) is 10.8. The van der Waals surface area contributed by atoms with Crippen molar-refractivity contribution in [1.29, 1.82) is 0 Å². The van der Waals surface area contributed by atoms with Gasteiger partial charge in [0.05, 0.1) is 22.0 Å². The fourth-order valence-electron chi connectivity index (χ4n) is 1.74. The number of carbonyl (C=O) groups is 2. The van der Waals surface area contributed by atoms with Gasteiger partial charge in [0.25, 0.3) is 0 Å². The molecule has 0 aliphatic rings. The van der Waals surface area contributed by atoms with Crippen LogP contribution in [0.25, 0.3) is 6.08 Å². The number of carboxylic acid groups (broad SMARTS) is 1. The molecule has 2 N–H and O–H groups in total. The van der Waals surface area contributed by atoms with E-state index in [0.717, 1.165) is 10.6 Å². The largest absolute Gasteiger partial charge is 0.478 e. The Morgan fingerprint density at radius 1 is 1.33 bits per heavy atom. The van der Waals surface area contributed by atoms with Gasteiger partial charge < -0.3 is 10.4 Å². The number of aryl methyl sites for hydroxylation is 2. The zero-order valence-corrected chi connectivity index (χ0v) is 12.4. The zero-order valence-electron chi connectivity index (χ0n) is 11.6. The molecule has 0 unspecified atom stereocenters. The predicted molar refractivity (Wildman–Crippen MR) is 82.7 cm³/mol. The van der Waals surface area contributed by atoms with Crippen molar-refractivity contribution < 1.29 is 14.7 Å². The lowest BCUT2D eigenvalue weighted by molar-refractivity contribution is -0.111. The molecule has 0 bridgehead atoms. The van der Waals surface area contributed by atoms with Gasteiger partial charge >= 0.3 is 5.97 Å². The molecule has 0 aliphatic heterocycles. The van der Waals surface area contributed by atoms with E-state index < -0.39 is 11.9 Å². The third-order valence-corrected chi connectivity index (χ3v) is 3.50. The van der Waals surface area contributed by atoms with Crippen molar-refractivity contribution in [3.8, 4) is 0 Å². The van der Waals surface area contributed by atoms with Crippen LogP contribution in [0.2, 0.25) is 0 Å². The lowest BCUT2D eigenvalue weighted by atomic mass is 10.1. The van der Waals surface area contributed by atoms with Gasteiger partial charge in [-0.25, -0.2) is 9.78 Å². The summed E-state index contributed by atoms with van der Waals surface area (Å²) in [6.45, 7) is 3.68. The van der Waals surface area contributed by atoms with E-state index in [1.165, 1.54) is 23.5 Å². The molecule has 108 valence electrons. The third kappa shape index (κ3) is 4.00. The Hall–Kier alpha value is -2.47. The number of hydrogen-bond acceptors (Lipinski definition) is 4. The molecule has 6 heteroatoms. The maximum atomic E-state index is 11.8. The Balaban J connectivity index is 2.13. The third-order valence-electron chi connectivity index (χ3n) is 2.71. The average molecular weight is 302 g/mol. The number of nitrogens with one attached hydrogen (secondary N) is 1. The van der Waals surface area contributed by atoms with Crippen LogP contribution in [0.5, 0.6) is 0 Å². The summed E-state index contributed by atoms with van der Waals surface area (Å²) in [5.41, 5.74) is 1.87. The monoisotopic (exact) mass is 302 g/mol. The lowest BCUT2D eigenvalue weighted by Crippen LogP contribution is -2.12. The highest BCUT2D eigenvalue weighted by Crippen LogP contribution is 2.17. The number of hydrogen-bond donors (Lipinski definition) is 2. The number of carbonyl (C=O) groups excluding carboxylic acids is 1. The minimum Gasteiger partial charge on any atom is -0.478 e. The molecule has 0 radical (unpaired) electrons. The Bertz CT molecular complexity index is 719. The van der Waals surface area contributed by atoms with Gasteiger partial charge in [0, 0.05) is 11.5 Å². The maximum Gasteiger partial charge on any atom is 0.337 e.